The molecule has 0 heterocycles. The second kappa shape index (κ2) is 20.4. The lowest BCUT2D eigenvalue weighted by Crippen LogP contribution is -2.54. The average molecular weight is 473 g/mol. The topological polar surface area (TPSA) is 36.9 Å². The minimum atomic E-state index is -2.62. The van der Waals surface area contributed by atoms with Crippen molar-refractivity contribution < 1.29 is 17.7 Å². The molecule has 0 rings (SSSR count). The van der Waals surface area contributed by atoms with Crippen molar-refractivity contribution in [1.82, 2.24) is 0 Å². The van der Waals surface area contributed by atoms with E-state index in [-0.39, 0.29) is 0 Å². The van der Waals surface area contributed by atoms with Gasteiger partial charge in [-0.05, 0) is 49.9 Å². The summed E-state index contributed by atoms with van der Waals surface area (Å²) in [7, 11) is -5.23. The summed E-state index contributed by atoms with van der Waals surface area (Å²) in [6, 6.07) is 0. The van der Waals surface area contributed by atoms with E-state index in [1.165, 1.54) is 0 Å². The molecule has 184 valence electrons. The maximum atomic E-state index is 6.64. The first-order chi connectivity index (χ1) is 15.1. The van der Waals surface area contributed by atoms with E-state index < -0.39 is 17.1 Å². The first-order valence-electron chi connectivity index (χ1n) is 13.0. The summed E-state index contributed by atoms with van der Waals surface area (Å²) in [5, 5.41) is 0. The van der Waals surface area contributed by atoms with Gasteiger partial charge in [0.15, 0.2) is 0 Å². The Hall–Kier alpha value is -0.246. The van der Waals surface area contributed by atoms with Crippen molar-refractivity contribution in [3.63, 3.8) is 0 Å². The lowest BCUT2D eigenvalue weighted by molar-refractivity contribution is 0.155. The molecule has 0 fully saturated rings. The Morgan fingerprint density at radius 3 is 1.00 bits per heavy atom. The van der Waals surface area contributed by atoms with E-state index >= 15 is 0 Å². The summed E-state index contributed by atoms with van der Waals surface area (Å²) in [6.07, 6.45) is 15.1. The fourth-order valence-corrected chi connectivity index (χ4v) is 12.1. The highest BCUT2D eigenvalue weighted by molar-refractivity contribution is 6.90. The number of allylic oxidation sites excluding steroid dienone is 2. The lowest BCUT2D eigenvalue weighted by atomic mass is 10.4. The number of hydrogen-bond acceptors (Lipinski definition) is 4. The molecule has 0 N–H and O–H groups in total. The van der Waals surface area contributed by atoms with Gasteiger partial charge in [0.25, 0.3) is 0 Å². The number of hydrogen-bond donors (Lipinski definition) is 0. The Kier molecular flexibility index (Phi) is 20.2. The Morgan fingerprint density at radius 1 is 0.484 bits per heavy atom. The molecular formula is C25H52O4Si2. The molecule has 0 saturated heterocycles. The van der Waals surface area contributed by atoms with E-state index in [9.17, 15) is 0 Å². The molecule has 6 heteroatoms. The molecule has 31 heavy (non-hydrogen) atoms. The van der Waals surface area contributed by atoms with Crippen LogP contribution < -0.4 is 0 Å². The van der Waals surface area contributed by atoms with E-state index in [0.717, 1.165) is 96.3 Å². The summed E-state index contributed by atoms with van der Waals surface area (Å²) in [5.41, 5.74) is 5.31. The van der Waals surface area contributed by atoms with Crippen molar-refractivity contribution >= 4 is 17.1 Å². The zero-order chi connectivity index (χ0) is 23.3. The zero-order valence-corrected chi connectivity index (χ0v) is 23.5. The SMILES string of the molecule is CCC=C[Si](C[Si](C=CCC)(OCCCC)OCCCC)(OCCCC)OCCCC. The van der Waals surface area contributed by atoms with Crippen molar-refractivity contribution in [3.05, 3.63) is 23.6 Å². The number of unbranched alkanes of at least 4 members (excludes halogenated alkanes) is 4. The first-order valence-corrected chi connectivity index (χ1v) is 17.2. The van der Waals surface area contributed by atoms with Gasteiger partial charge in [-0.3, -0.25) is 0 Å². The van der Waals surface area contributed by atoms with E-state index in [4.69, 9.17) is 17.7 Å². The summed E-state index contributed by atoms with van der Waals surface area (Å²) in [6.45, 7) is 16.1. The molecule has 0 unspecified atom stereocenters. The molecule has 0 bridgehead atoms. The summed E-state index contributed by atoms with van der Waals surface area (Å²) in [5.74, 6) is 0. The fraction of sp³-hybridized carbons (Fsp3) is 0.840. The molecule has 0 radical (unpaired) electrons. The smallest absolute Gasteiger partial charge is 0.367 e. The predicted octanol–water partition coefficient (Wildman–Crippen LogP) is 7.69. The van der Waals surface area contributed by atoms with Gasteiger partial charge >= 0.3 is 17.1 Å². The van der Waals surface area contributed by atoms with Gasteiger partial charge < -0.3 is 17.7 Å². The van der Waals surface area contributed by atoms with Crippen molar-refractivity contribution in [2.75, 3.05) is 26.4 Å². The molecule has 0 atom stereocenters. The van der Waals surface area contributed by atoms with Gasteiger partial charge in [0.2, 0.25) is 0 Å². The minimum Gasteiger partial charge on any atom is -0.391 e. The fourth-order valence-electron chi connectivity index (χ4n) is 3.09. The number of rotatable bonds is 22. The van der Waals surface area contributed by atoms with E-state index in [1.807, 2.05) is 0 Å². The monoisotopic (exact) mass is 472 g/mol. The third-order valence-electron chi connectivity index (χ3n) is 5.08. The van der Waals surface area contributed by atoms with Crippen LogP contribution in [0.3, 0.4) is 0 Å². The van der Waals surface area contributed by atoms with Gasteiger partial charge in [0.1, 0.15) is 0 Å². The maximum Gasteiger partial charge on any atom is 0.367 e. The third kappa shape index (κ3) is 14.5. The van der Waals surface area contributed by atoms with Crippen LogP contribution in [-0.4, -0.2) is 43.5 Å². The third-order valence-corrected chi connectivity index (χ3v) is 13.3. The second-order valence-corrected chi connectivity index (χ2v) is 14.7. The molecule has 4 nitrogen and oxygen atoms in total. The van der Waals surface area contributed by atoms with Crippen LogP contribution >= 0.6 is 0 Å². The molecule has 0 amide bonds. The van der Waals surface area contributed by atoms with Crippen molar-refractivity contribution in [2.24, 2.45) is 0 Å². The van der Waals surface area contributed by atoms with Crippen LogP contribution in [0.2, 0.25) is 5.67 Å². The molecule has 0 aliphatic rings. The van der Waals surface area contributed by atoms with E-state index in [0.29, 0.717) is 0 Å². The van der Waals surface area contributed by atoms with Crippen LogP contribution in [0.5, 0.6) is 0 Å². The molecule has 0 aliphatic carbocycles. The Balaban J connectivity index is 6.00. The quantitative estimate of drug-likeness (QED) is 0.119. The summed E-state index contributed by atoms with van der Waals surface area (Å²) in [4.78, 5) is 0. The highest BCUT2D eigenvalue weighted by Crippen LogP contribution is 2.29. The highest BCUT2D eigenvalue weighted by atomic mass is 28.4. The van der Waals surface area contributed by atoms with Crippen LogP contribution in [-0.2, 0) is 17.7 Å². The zero-order valence-electron chi connectivity index (χ0n) is 21.5. The van der Waals surface area contributed by atoms with Crippen molar-refractivity contribution in [3.8, 4) is 0 Å². The Labute approximate surface area is 196 Å². The Morgan fingerprint density at radius 2 is 0.774 bits per heavy atom. The first kappa shape index (κ1) is 30.8. The van der Waals surface area contributed by atoms with Gasteiger partial charge in [0, 0.05) is 32.1 Å². The standard InChI is InChI=1S/C25H52O4Si2/c1-7-13-19-26-30(23-17-11-5,27-20-14-8-2)25-31(24-18-12-6,28-21-15-9-3)29-22-16-10-4/h17-18,23-24H,7-16,19-22,25H2,1-6H3. The summed E-state index contributed by atoms with van der Waals surface area (Å²) >= 11 is 0. The summed E-state index contributed by atoms with van der Waals surface area (Å²) < 4.78 is 26.6. The molecule has 0 spiro atoms. The van der Waals surface area contributed by atoms with Gasteiger partial charge in [0.05, 0.1) is 0 Å². The maximum absolute atomic E-state index is 6.64. The van der Waals surface area contributed by atoms with Crippen LogP contribution in [0.25, 0.3) is 0 Å². The van der Waals surface area contributed by atoms with Gasteiger partial charge in [-0.1, -0.05) is 79.4 Å². The van der Waals surface area contributed by atoms with Crippen molar-refractivity contribution in [2.45, 2.75) is 111 Å². The van der Waals surface area contributed by atoms with Crippen LogP contribution in [0.1, 0.15) is 106 Å². The van der Waals surface area contributed by atoms with Gasteiger partial charge in [-0.25, -0.2) is 0 Å². The normalized spacial score (nSPS) is 13.1. The lowest BCUT2D eigenvalue weighted by Gasteiger charge is -2.36. The van der Waals surface area contributed by atoms with E-state index in [2.05, 4.69) is 65.1 Å². The molecule has 0 aromatic carbocycles. The minimum absolute atomic E-state index is 0.745. The largest absolute Gasteiger partial charge is 0.391 e. The predicted molar refractivity (Wildman–Crippen MR) is 139 cm³/mol. The van der Waals surface area contributed by atoms with Crippen molar-refractivity contribution in [1.29, 1.82) is 0 Å². The van der Waals surface area contributed by atoms with Crippen LogP contribution in [0.15, 0.2) is 23.6 Å². The Bertz CT molecular complexity index is 395. The highest BCUT2D eigenvalue weighted by Gasteiger charge is 2.49. The average Bonchev–Trinajstić information content (AvgIpc) is 2.77. The van der Waals surface area contributed by atoms with Crippen LogP contribution in [0.4, 0.5) is 0 Å². The molecule has 0 aromatic heterocycles. The van der Waals surface area contributed by atoms with Gasteiger partial charge in [-0.15, -0.1) is 0 Å². The van der Waals surface area contributed by atoms with Gasteiger partial charge in [-0.2, -0.15) is 0 Å². The van der Waals surface area contributed by atoms with E-state index in [1.54, 1.807) is 0 Å². The molecule has 0 saturated carbocycles. The van der Waals surface area contributed by atoms with Crippen LogP contribution in [0, 0.1) is 0 Å². The molecule has 0 aromatic rings. The molecule has 0 aliphatic heterocycles. The second-order valence-electron chi connectivity index (χ2n) is 8.23. The molecular weight excluding hydrogens is 420 g/mol.